The van der Waals surface area contributed by atoms with Crippen molar-refractivity contribution in [3.8, 4) is 11.8 Å². The van der Waals surface area contributed by atoms with Crippen molar-refractivity contribution in [2.24, 2.45) is 17.8 Å². The van der Waals surface area contributed by atoms with Crippen LogP contribution in [0.25, 0.3) is 6.08 Å². The van der Waals surface area contributed by atoms with Crippen LogP contribution in [-0.4, -0.2) is 59.1 Å². The van der Waals surface area contributed by atoms with Crippen LogP contribution in [0.15, 0.2) is 21.9 Å². The number of aromatic amines is 1. The van der Waals surface area contributed by atoms with E-state index in [1.807, 2.05) is 0 Å². The van der Waals surface area contributed by atoms with Crippen molar-refractivity contribution in [3.63, 3.8) is 0 Å². The van der Waals surface area contributed by atoms with E-state index in [2.05, 4.69) is 27.3 Å². The van der Waals surface area contributed by atoms with Gasteiger partial charge in [-0.25, -0.2) is 4.79 Å². The fourth-order valence-electron chi connectivity index (χ4n) is 5.27. The van der Waals surface area contributed by atoms with Gasteiger partial charge in [-0.2, -0.15) is 0 Å². The highest BCUT2D eigenvalue weighted by Gasteiger charge is 2.48. The maximum atomic E-state index is 12.5. The minimum atomic E-state index is -0.920. The number of esters is 1. The van der Waals surface area contributed by atoms with Gasteiger partial charge in [-0.3, -0.25) is 23.9 Å². The fourth-order valence-corrected chi connectivity index (χ4v) is 5.27. The van der Waals surface area contributed by atoms with E-state index in [1.54, 1.807) is 0 Å². The first-order valence-electron chi connectivity index (χ1n) is 13.4. The van der Waals surface area contributed by atoms with Crippen LogP contribution >= 0.6 is 0 Å². The number of ether oxygens (including phenoxy) is 2. The highest BCUT2D eigenvalue weighted by Crippen LogP contribution is 2.51. The average molecular weight is 529 g/mol. The molecule has 0 radical (unpaired) electrons. The second-order valence-electron chi connectivity index (χ2n) is 10.0. The summed E-state index contributed by atoms with van der Waals surface area (Å²) >= 11 is 0. The molecule has 11 nitrogen and oxygen atoms in total. The van der Waals surface area contributed by atoms with E-state index in [9.17, 15) is 24.0 Å². The highest BCUT2D eigenvalue weighted by atomic mass is 16.6. The zero-order valence-electron chi connectivity index (χ0n) is 22.3. The molecule has 2 fully saturated rings. The van der Waals surface area contributed by atoms with Gasteiger partial charge in [0.2, 0.25) is 7.34 Å². The molecule has 1 aliphatic heterocycles. The zero-order valence-corrected chi connectivity index (χ0v) is 21.3. The number of nitrogens with zero attached hydrogens (tertiary/aromatic N) is 1. The van der Waals surface area contributed by atoms with E-state index in [0.717, 1.165) is 30.3 Å². The van der Waals surface area contributed by atoms with Crippen LogP contribution in [-0.2, 0) is 23.9 Å². The SMILES string of the molecule is [2H]OC[C@H]1O[C@@H](n2cc(/C=C/C(=O)NCC3[C@H]4CCC#CCC[C@@H]34)c(=O)[nH]c2=O)CC1OC(=O)CCC(C)=O. The third kappa shape index (κ3) is 6.88. The van der Waals surface area contributed by atoms with E-state index in [-0.39, 0.29) is 43.1 Å². The Kier molecular flexibility index (Phi) is 8.51. The van der Waals surface area contributed by atoms with Crippen LogP contribution in [0.5, 0.6) is 0 Å². The Morgan fingerprint density at radius 3 is 2.68 bits per heavy atom. The molecule has 3 N–H and O–H groups in total. The average Bonchev–Trinajstić information content (AvgIpc) is 3.36. The molecular weight excluding hydrogens is 494 g/mol. The number of rotatable bonds is 11. The van der Waals surface area contributed by atoms with Crippen LogP contribution < -0.4 is 16.6 Å². The molecule has 2 heterocycles. The molecule has 1 saturated heterocycles. The Balaban J connectivity index is 1.37. The number of Topliss-reactive ketones (excluding diaryl/α,β-unsaturated/α-hetero) is 1. The monoisotopic (exact) mass is 528 g/mol. The van der Waals surface area contributed by atoms with Gasteiger partial charge in [0.15, 0.2) is 0 Å². The molecule has 1 aromatic heterocycles. The van der Waals surface area contributed by atoms with Crippen molar-refractivity contribution in [1.29, 1.82) is 1.43 Å². The third-order valence-electron chi connectivity index (χ3n) is 7.38. The molecule has 38 heavy (non-hydrogen) atoms. The second-order valence-corrected chi connectivity index (χ2v) is 10.0. The maximum absolute atomic E-state index is 12.5. The Bertz CT molecular complexity index is 1270. The molecule has 1 amide bonds. The predicted octanol–water partition coefficient (Wildman–Crippen LogP) is 0.666. The van der Waals surface area contributed by atoms with Gasteiger partial charge < -0.3 is 24.7 Å². The van der Waals surface area contributed by atoms with Gasteiger partial charge in [0.25, 0.3) is 5.56 Å². The van der Waals surface area contributed by atoms with E-state index >= 15 is 0 Å². The zero-order chi connectivity index (χ0) is 27.9. The molecule has 2 unspecified atom stereocenters. The normalized spacial score (nSPS) is 28.3. The highest BCUT2D eigenvalue weighted by molar-refractivity contribution is 5.91. The van der Waals surface area contributed by atoms with Gasteiger partial charge in [0, 0.05) is 44.5 Å². The van der Waals surface area contributed by atoms with E-state index in [0.29, 0.717) is 24.3 Å². The molecule has 6 atom stereocenters. The Morgan fingerprint density at radius 1 is 1.26 bits per heavy atom. The van der Waals surface area contributed by atoms with Gasteiger partial charge in [-0.1, -0.05) is 0 Å². The number of hydrogen-bond acceptors (Lipinski definition) is 8. The van der Waals surface area contributed by atoms with Crippen molar-refractivity contribution in [1.82, 2.24) is 14.9 Å². The summed E-state index contributed by atoms with van der Waals surface area (Å²) in [5, 5.41) is 7.32. The summed E-state index contributed by atoms with van der Waals surface area (Å²) in [6, 6.07) is 0. The maximum Gasteiger partial charge on any atom is 0.330 e. The largest absolute Gasteiger partial charge is 0.459 e. The van der Waals surface area contributed by atoms with E-state index in [1.165, 1.54) is 25.3 Å². The number of hydrogen-bond donors (Lipinski definition) is 3. The van der Waals surface area contributed by atoms with Crippen LogP contribution in [0.4, 0.5) is 0 Å². The Labute approximate surface area is 221 Å². The molecule has 1 saturated carbocycles. The summed E-state index contributed by atoms with van der Waals surface area (Å²) in [5.41, 5.74) is -1.35. The number of nitrogens with one attached hydrogen (secondary N) is 2. The molecule has 4 rings (SSSR count). The summed E-state index contributed by atoms with van der Waals surface area (Å²) in [6.45, 7) is 1.71. The Hall–Kier alpha value is -3.49. The summed E-state index contributed by atoms with van der Waals surface area (Å²) in [7, 11) is 0. The minimum Gasteiger partial charge on any atom is -0.459 e. The van der Waals surface area contributed by atoms with Crippen molar-refractivity contribution in [2.45, 2.75) is 70.3 Å². The van der Waals surface area contributed by atoms with Gasteiger partial charge in [0.05, 0.1) is 18.6 Å². The summed E-state index contributed by atoms with van der Waals surface area (Å²) in [4.78, 5) is 62.9. The third-order valence-corrected chi connectivity index (χ3v) is 7.38. The minimum absolute atomic E-state index is 0.0366. The predicted molar refractivity (Wildman–Crippen MR) is 135 cm³/mol. The molecule has 2 aliphatic carbocycles. The fraction of sp³-hybridized carbons (Fsp3) is 0.593. The van der Waals surface area contributed by atoms with E-state index in [4.69, 9.17) is 10.9 Å². The van der Waals surface area contributed by atoms with Crippen molar-refractivity contribution in [3.05, 3.63) is 38.7 Å². The number of aliphatic hydroxyl groups excluding tert-OH is 1. The van der Waals surface area contributed by atoms with Crippen LogP contribution in [0.3, 0.4) is 0 Å². The molecule has 3 aliphatic rings. The molecule has 204 valence electrons. The summed E-state index contributed by atoms with van der Waals surface area (Å²) in [5.74, 6) is 6.88. The molecule has 0 spiro atoms. The Morgan fingerprint density at radius 2 is 2.00 bits per heavy atom. The molecule has 1 aromatic rings. The first kappa shape index (κ1) is 26.1. The number of ketones is 1. The summed E-state index contributed by atoms with van der Waals surface area (Å²) in [6.07, 6.45) is 5.18. The van der Waals surface area contributed by atoms with Crippen molar-refractivity contribution in [2.75, 3.05) is 13.2 Å². The molecular formula is C27H33N3O8. The lowest BCUT2D eigenvalue weighted by molar-refractivity contribution is -0.153. The number of amides is 1. The van der Waals surface area contributed by atoms with Crippen LogP contribution in [0.1, 0.15) is 63.7 Å². The number of carbonyl (C=O) groups excluding carboxylic acids is 3. The van der Waals surface area contributed by atoms with Gasteiger partial charge in [-0.05, 0) is 43.6 Å². The standard InChI is InChI=1S/C27H33N3O8/c1-16(32)8-11-25(34)38-21-12-24(37-22(21)15-31)30-14-17(26(35)29-27(30)36)9-10-23(33)28-13-20-18-6-4-2-3-5-7-19(18)20/h9-10,14,18-22,24,31H,4-8,11-13,15H2,1H3,(H,28,33)(H,29,35,36)/b10-9+/t18-,19+,20?,21?,22-,24-/m1/s1/i31D. The second kappa shape index (κ2) is 12.4. The lowest BCUT2D eigenvalue weighted by Crippen LogP contribution is -2.33. The molecule has 11 heteroatoms. The summed E-state index contributed by atoms with van der Waals surface area (Å²) < 4.78 is 19.4. The topological polar surface area (TPSA) is 157 Å². The molecule has 0 bridgehead atoms. The number of H-pyrrole nitrogens is 1. The van der Waals surface area contributed by atoms with Crippen molar-refractivity contribution < 1.29 is 29.0 Å². The first-order chi connectivity index (χ1) is 18.8. The molecule has 0 aromatic carbocycles. The van der Waals surface area contributed by atoms with Crippen molar-refractivity contribution >= 4 is 23.7 Å². The lowest BCUT2D eigenvalue weighted by Gasteiger charge is -2.16. The van der Waals surface area contributed by atoms with Gasteiger partial charge >= 0.3 is 11.7 Å². The number of fused-ring (bicyclic) bond motifs is 1. The number of aromatic nitrogens is 2. The quantitative estimate of drug-likeness (QED) is 0.215. The van der Waals surface area contributed by atoms with Crippen LogP contribution in [0, 0.1) is 29.6 Å². The van der Waals surface area contributed by atoms with E-state index < -0.39 is 35.7 Å². The number of aliphatic hydroxyl groups is 1. The van der Waals surface area contributed by atoms with Gasteiger partial charge in [0.1, 0.15) is 24.2 Å². The number of carbonyl (C=O) groups is 3. The van der Waals surface area contributed by atoms with Gasteiger partial charge in [-0.15, -0.1) is 11.8 Å². The van der Waals surface area contributed by atoms with Crippen LogP contribution in [0.2, 0.25) is 0 Å². The smallest absolute Gasteiger partial charge is 0.330 e. The first-order valence-corrected chi connectivity index (χ1v) is 13.0. The lowest BCUT2D eigenvalue weighted by atomic mass is 10.1.